The third-order valence-electron chi connectivity index (χ3n) is 11.7. The van der Waals surface area contributed by atoms with Crippen LogP contribution in [0.4, 0.5) is 34.4 Å². The summed E-state index contributed by atoms with van der Waals surface area (Å²) in [7, 11) is 0. The molecule has 0 aliphatic carbocycles. The third-order valence-corrected chi connectivity index (χ3v) is 11.7. The van der Waals surface area contributed by atoms with Crippen molar-refractivity contribution >= 4 is 57.6 Å². The highest BCUT2D eigenvalue weighted by atomic mass is 16.7. The first-order chi connectivity index (χ1) is 31.6. The van der Waals surface area contributed by atoms with Crippen LogP contribution in [0.3, 0.4) is 0 Å². The molecule has 0 N–H and O–H groups in total. The van der Waals surface area contributed by atoms with Gasteiger partial charge in [-0.2, -0.15) is 0 Å². The lowest BCUT2D eigenvalue weighted by Crippen LogP contribution is -2.35. The van der Waals surface area contributed by atoms with E-state index in [1.807, 2.05) is 146 Å². The molecule has 6 heterocycles. The van der Waals surface area contributed by atoms with Crippen LogP contribution in [0, 0.1) is 0 Å². The lowest BCUT2D eigenvalue weighted by Gasteiger charge is -2.29. The molecule has 2 amide bonds. The van der Waals surface area contributed by atoms with E-state index in [9.17, 15) is 0 Å². The average Bonchev–Trinajstić information content (AvgIpc) is 3.81. The second-order valence-electron chi connectivity index (χ2n) is 15.8. The van der Waals surface area contributed by atoms with Gasteiger partial charge in [0.05, 0.1) is 49.0 Å². The summed E-state index contributed by atoms with van der Waals surface area (Å²) in [4.78, 5) is 47.4. The van der Waals surface area contributed by atoms with Gasteiger partial charge in [0.25, 0.3) is 11.8 Å². The van der Waals surface area contributed by atoms with E-state index >= 15 is 9.59 Å². The van der Waals surface area contributed by atoms with Crippen molar-refractivity contribution in [1.82, 2.24) is 19.8 Å². The minimum absolute atomic E-state index is 0.247. The summed E-state index contributed by atoms with van der Waals surface area (Å²) in [6.07, 6.45) is 5.16. The molecule has 2 fully saturated rings. The number of fused-ring (bicyclic) bond motifs is 1. The van der Waals surface area contributed by atoms with Crippen LogP contribution in [0.25, 0.3) is 11.4 Å². The summed E-state index contributed by atoms with van der Waals surface area (Å²) in [5, 5.41) is 0. The average molecular weight is 853 g/mol. The molecule has 12 nitrogen and oxygen atoms in total. The molecule has 0 spiro atoms. The monoisotopic (exact) mass is 852 g/mol. The first-order valence-corrected chi connectivity index (χ1v) is 21.9. The predicted molar refractivity (Wildman–Crippen MR) is 245 cm³/mol. The number of rotatable bonds is 14. The number of pyridine rings is 2. The zero-order chi connectivity index (χ0) is 43.2. The molecule has 12 heteroatoms. The summed E-state index contributed by atoms with van der Waals surface area (Å²) in [5.41, 5.74) is 6.97. The van der Waals surface area contributed by atoms with Crippen molar-refractivity contribution in [2.75, 3.05) is 49.3 Å². The van der Waals surface area contributed by atoms with Crippen LogP contribution in [0.5, 0.6) is 0 Å². The van der Waals surface area contributed by atoms with Crippen molar-refractivity contribution in [1.29, 1.82) is 0 Å². The number of benzene rings is 4. The Bertz CT molecular complexity index is 2350. The summed E-state index contributed by atoms with van der Waals surface area (Å²) >= 11 is 0. The van der Waals surface area contributed by atoms with E-state index in [-0.39, 0.29) is 24.9 Å². The minimum atomic E-state index is -0.455. The number of ether oxygens (including phenoxy) is 4. The number of carbonyl (C=O) groups excluding carboxylic acids is 2. The van der Waals surface area contributed by atoms with E-state index < -0.39 is 12.6 Å². The van der Waals surface area contributed by atoms with E-state index in [1.165, 1.54) is 0 Å². The third kappa shape index (κ3) is 8.31. The summed E-state index contributed by atoms with van der Waals surface area (Å²) in [6, 6.07) is 47.7. The van der Waals surface area contributed by atoms with Crippen LogP contribution in [0.15, 0.2) is 169 Å². The fourth-order valence-electron chi connectivity index (χ4n) is 8.79. The number of hydrogen-bond donors (Lipinski definition) is 0. The van der Waals surface area contributed by atoms with Crippen LogP contribution in [0.1, 0.15) is 36.8 Å². The quantitative estimate of drug-likeness (QED) is 0.105. The maximum absolute atomic E-state index is 15.2. The number of para-hydroxylation sites is 2. The Morgan fingerprint density at radius 2 is 0.812 bits per heavy atom. The van der Waals surface area contributed by atoms with E-state index in [1.54, 1.807) is 22.2 Å². The van der Waals surface area contributed by atoms with Gasteiger partial charge in [0.2, 0.25) is 0 Å². The molecule has 0 bridgehead atoms. The maximum atomic E-state index is 15.2. The van der Waals surface area contributed by atoms with Gasteiger partial charge in [-0.15, -0.1) is 0 Å². The molecule has 0 radical (unpaired) electrons. The number of aromatic nitrogens is 2. The molecule has 0 saturated carbocycles. The van der Waals surface area contributed by atoms with Gasteiger partial charge in [0, 0.05) is 61.1 Å². The fraction of sp³-hybridized carbons (Fsp3) is 0.231. The molecule has 0 atom stereocenters. The first kappa shape index (κ1) is 41.1. The Kier molecular flexibility index (Phi) is 12.1. The second kappa shape index (κ2) is 18.8. The van der Waals surface area contributed by atoms with Crippen LogP contribution in [-0.4, -0.2) is 83.7 Å². The zero-order valence-electron chi connectivity index (χ0n) is 35.4. The molecule has 322 valence electrons. The Morgan fingerprint density at radius 3 is 1.17 bits per heavy atom. The normalized spacial score (nSPS) is 17.1. The summed E-state index contributed by atoms with van der Waals surface area (Å²) < 4.78 is 23.8. The van der Waals surface area contributed by atoms with Crippen molar-refractivity contribution in [3.05, 3.63) is 180 Å². The molecular formula is C52H48N6O6. The molecular weight excluding hydrogens is 805 g/mol. The number of carbonyl (C=O) groups is 2. The Labute approximate surface area is 372 Å². The number of hydrogen-bond acceptors (Lipinski definition) is 10. The molecule has 6 aromatic rings. The number of amides is 2. The van der Waals surface area contributed by atoms with Gasteiger partial charge >= 0.3 is 0 Å². The van der Waals surface area contributed by atoms with Crippen LogP contribution in [0.2, 0.25) is 0 Å². The van der Waals surface area contributed by atoms with Gasteiger partial charge in [0.15, 0.2) is 12.6 Å². The predicted octanol–water partition coefficient (Wildman–Crippen LogP) is 9.53. The van der Waals surface area contributed by atoms with Gasteiger partial charge in [-0.25, -0.2) is 9.97 Å². The van der Waals surface area contributed by atoms with Gasteiger partial charge in [-0.05, 0) is 96.8 Å². The van der Waals surface area contributed by atoms with E-state index in [4.69, 9.17) is 18.9 Å². The van der Waals surface area contributed by atoms with Crippen molar-refractivity contribution in [3.63, 3.8) is 0 Å². The van der Waals surface area contributed by atoms with Gasteiger partial charge in [-0.1, -0.05) is 72.8 Å². The SMILES string of the molecule is O=C1C2=C(c3ccc(N(c4ccccc4)c4ccccn4)cc3)N(CCC3OCCCO3)C(=O)C2=C(c2ccc(N(c3ccccc3)c3ccccn3)cc2)N1CCC1OCCCO1. The molecule has 2 saturated heterocycles. The topological polar surface area (TPSA) is 110 Å². The smallest absolute Gasteiger partial charge is 0.261 e. The second-order valence-corrected chi connectivity index (χ2v) is 15.8. The Balaban J connectivity index is 1.08. The molecule has 64 heavy (non-hydrogen) atoms. The molecule has 4 aliphatic rings. The molecule has 4 aromatic carbocycles. The highest BCUT2D eigenvalue weighted by molar-refractivity contribution is 6.30. The van der Waals surface area contributed by atoms with Gasteiger partial charge in [-0.3, -0.25) is 19.4 Å². The highest BCUT2D eigenvalue weighted by Crippen LogP contribution is 2.48. The largest absolute Gasteiger partial charge is 0.353 e. The summed E-state index contributed by atoms with van der Waals surface area (Å²) in [6.45, 7) is 2.96. The van der Waals surface area contributed by atoms with Crippen molar-refractivity contribution in [2.45, 2.75) is 38.3 Å². The standard InChI is InChI=1S/C52H48N6O6/c59-51-47-48(50(56(51)32-28-46-63-35-12-36-64-46)38-21-25-42(26-22-38)58(40-15-5-2-6-16-40)44-18-8-10-30-54-44)52(60)55(31-27-45-61-33-11-34-62-45)49(47)37-19-23-41(24-20-37)57(39-13-3-1-4-14-39)43-17-7-9-29-53-43/h1-10,13-26,29-30,45-46H,11-12,27-28,31-36H2. The molecule has 10 rings (SSSR count). The minimum Gasteiger partial charge on any atom is -0.353 e. The van der Waals surface area contributed by atoms with Crippen molar-refractivity contribution in [3.8, 4) is 0 Å². The van der Waals surface area contributed by atoms with E-state index in [0.717, 1.165) is 58.4 Å². The number of anilines is 6. The van der Waals surface area contributed by atoms with E-state index in [0.29, 0.717) is 61.8 Å². The first-order valence-electron chi connectivity index (χ1n) is 21.9. The number of nitrogens with zero attached hydrogens (tertiary/aromatic N) is 6. The van der Waals surface area contributed by atoms with Gasteiger partial charge in [0.1, 0.15) is 11.6 Å². The summed E-state index contributed by atoms with van der Waals surface area (Å²) in [5.74, 6) is 1.02. The Morgan fingerprint density at radius 1 is 0.453 bits per heavy atom. The van der Waals surface area contributed by atoms with Crippen LogP contribution in [-0.2, 0) is 28.5 Å². The Hall–Kier alpha value is -6.96. The zero-order valence-corrected chi connectivity index (χ0v) is 35.4. The maximum Gasteiger partial charge on any atom is 0.261 e. The van der Waals surface area contributed by atoms with Crippen molar-refractivity contribution in [2.24, 2.45) is 0 Å². The molecule has 4 aliphatic heterocycles. The highest BCUT2D eigenvalue weighted by Gasteiger charge is 2.49. The van der Waals surface area contributed by atoms with E-state index in [2.05, 4.69) is 19.8 Å². The van der Waals surface area contributed by atoms with Crippen LogP contribution < -0.4 is 9.80 Å². The van der Waals surface area contributed by atoms with Gasteiger partial charge < -0.3 is 28.7 Å². The van der Waals surface area contributed by atoms with Crippen molar-refractivity contribution < 1.29 is 28.5 Å². The fourth-order valence-corrected chi connectivity index (χ4v) is 8.79. The van der Waals surface area contributed by atoms with Crippen LogP contribution >= 0.6 is 0 Å². The lowest BCUT2D eigenvalue weighted by atomic mass is 10.0. The molecule has 0 unspecified atom stereocenters. The molecule has 2 aromatic heterocycles. The lowest BCUT2D eigenvalue weighted by molar-refractivity contribution is -0.182.